The summed E-state index contributed by atoms with van der Waals surface area (Å²) in [4.78, 5) is 10.8. The first-order chi connectivity index (χ1) is 9.61. The average Bonchev–Trinajstić information content (AvgIpc) is 2.94. The molecule has 0 radical (unpaired) electrons. The number of nitrogens with one attached hydrogen (secondary N) is 1. The molecule has 1 aromatic rings. The average molecular weight is 341 g/mol. The molecular weight excluding hydrogens is 320 g/mol. The van der Waals surface area contributed by atoms with Gasteiger partial charge < -0.3 is 5.32 Å². The quantitative estimate of drug-likeness (QED) is 0.627. The van der Waals surface area contributed by atoms with Gasteiger partial charge in [-0.25, -0.2) is 0 Å². The number of aryl methyl sites for hydroxylation is 1. The van der Waals surface area contributed by atoms with Crippen LogP contribution in [0.5, 0.6) is 0 Å². The van der Waals surface area contributed by atoms with E-state index in [0.29, 0.717) is 6.04 Å². The molecular formula is C15H21BrN2O2. The molecule has 20 heavy (non-hydrogen) atoms. The summed E-state index contributed by atoms with van der Waals surface area (Å²) < 4.78 is 0.758. The predicted molar refractivity (Wildman–Crippen MR) is 83.9 cm³/mol. The standard InChI is InChI=1S/C15H21BrN2O2/c1-17-14(11-4-2-3-5-11)9-7-12-6-8-13(16)10-15(12)18(19)20/h6,8,10-11,14,17H,2-5,7,9H2,1H3. The van der Waals surface area contributed by atoms with Crippen LogP contribution in [-0.2, 0) is 6.42 Å². The maximum Gasteiger partial charge on any atom is 0.273 e. The van der Waals surface area contributed by atoms with E-state index in [1.165, 1.54) is 25.7 Å². The van der Waals surface area contributed by atoms with E-state index in [1.54, 1.807) is 6.07 Å². The molecule has 0 spiro atoms. The number of rotatable bonds is 6. The third-order valence-electron chi connectivity index (χ3n) is 4.31. The number of halogens is 1. The van der Waals surface area contributed by atoms with Crippen LogP contribution >= 0.6 is 15.9 Å². The summed E-state index contributed by atoms with van der Waals surface area (Å²) >= 11 is 3.30. The first-order valence-corrected chi connectivity index (χ1v) is 8.01. The molecule has 4 nitrogen and oxygen atoms in total. The molecule has 0 heterocycles. The third-order valence-corrected chi connectivity index (χ3v) is 4.80. The van der Waals surface area contributed by atoms with Crippen molar-refractivity contribution in [2.75, 3.05) is 7.05 Å². The van der Waals surface area contributed by atoms with Gasteiger partial charge in [0.15, 0.2) is 0 Å². The summed E-state index contributed by atoms with van der Waals surface area (Å²) in [6.45, 7) is 0. The highest BCUT2D eigenvalue weighted by atomic mass is 79.9. The van der Waals surface area contributed by atoms with E-state index in [2.05, 4.69) is 21.2 Å². The van der Waals surface area contributed by atoms with Gasteiger partial charge in [-0.15, -0.1) is 0 Å². The van der Waals surface area contributed by atoms with Gasteiger partial charge in [-0.05, 0) is 44.7 Å². The van der Waals surface area contributed by atoms with Gasteiger partial charge in [0.1, 0.15) is 0 Å². The molecule has 0 amide bonds. The molecule has 0 bridgehead atoms. The Morgan fingerprint density at radius 2 is 2.15 bits per heavy atom. The van der Waals surface area contributed by atoms with Crippen molar-refractivity contribution in [2.24, 2.45) is 5.92 Å². The lowest BCUT2D eigenvalue weighted by molar-refractivity contribution is -0.385. The van der Waals surface area contributed by atoms with Gasteiger partial charge in [0.2, 0.25) is 0 Å². The Balaban J connectivity index is 2.03. The Morgan fingerprint density at radius 1 is 1.45 bits per heavy atom. The lowest BCUT2D eigenvalue weighted by Crippen LogP contribution is -2.32. The van der Waals surface area contributed by atoms with Crippen molar-refractivity contribution in [3.8, 4) is 0 Å². The molecule has 1 fully saturated rings. The van der Waals surface area contributed by atoms with Crippen molar-refractivity contribution < 1.29 is 4.92 Å². The number of hydrogen-bond acceptors (Lipinski definition) is 3. The van der Waals surface area contributed by atoms with Gasteiger partial charge in [0, 0.05) is 22.1 Å². The van der Waals surface area contributed by atoms with E-state index >= 15 is 0 Å². The minimum absolute atomic E-state index is 0.223. The van der Waals surface area contributed by atoms with Gasteiger partial charge in [0.05, 0.1) is 4.92 Å². The molecule has 0 aromatic heterocycles. The first kappa shape index (κ1) is 15.4. The second-order valence-corrected chi connectivity index (χ2v) is 6.42. The molecule has 1 unspecified atom stereocenters. The molecule has 1 aliphatic rings. The topological polar surface area (TPSA) is 55.2 Å². The van der Waals surface area contributed by atoms with Gasteiger partial charge in [-0.3, -0.25) is 10.1 Å². The largest absolute Gasteiger partial charge is 0.317 e. The fourth-order valence-electron chi connectivity index (χ4n) is 3.20. The highest BCUT2D eigenvalue weighted by Gasteiger charge is 2.24. The molecule has 2 rings (SSSR count). The van der Waals surface area contributed by atoms with Crippen LogP contribution < -0.4 is 5.32 Å². The molecule has 5 heteroatoms. The van der Waals surface area contributed by atoms with E-state index in [9.17, 15) is 10.1 Å². The monoisotopic (exact) mass is 340 g/mol. The minimum atomic E-state index is -0.288. The number of nitro benzene ring substituents is 1. The van der Waals surface area contributed by atoms with Crippen LogP contribution in [0.2, 0.25) is 0 Å². The summed E-state index contributed by atoms with van der Waals surface area (Å²) in [5.41, 5.74) is 1.05. The van der Waals surface area contributed by atoms with Crippen LogP contribution in [0.15, 0.2) is 22.7 Å². The highest BCUT2D eigenvalue weighted by Crippen LogP contribution is 2.31. The Kier molecular flexibility index (Phi) is 5.54. The predicted octanol–water partition coefficient (Wildman–Crippen LogP) is 4.07. The lowest BCUT2D eigenvalue weighted by Gasteiger charge is -2.22. The van der Waals surface area contributed by atoms with Crippen molar-refractivity contribution in [2.45, 2.75) is 44.6 Å². The molecule has 1 atom stereocenters. The number of nitro groups is 1. The summed E-state index contributed by atoms with van der Waals surface area (Å²) in [6.07, 6.45) is 6.93. The van der Waals surface area contributed by atoms with Gasteiger partial charge in [-0.2, -0.15) is 0 Å². The fraction of sp³-hybridized carbons (Fsp3) is 0.600. The number of hydrogen-bond donors (Lipinski definition) is 1. The second-order valence-electron chi connectivity index (χ2n) is 5.51. The van der Waals surface area contributed by atoms with Crippen molar-refractivity contribution in [3.05, 3.63) is 38.3 Å². The number of benzene rings is 1. The van der Waals surface area contributed by atoms with E-state index in [4.69, 9.17) is 0 Å². The van der Waals surface area contributed by atoms with Crippen LogP contribution in [0.1, 0.15) is 37.7 Å². The summed E-state index contributed by atoms with van der Waals surface area (Å²) in [7, 11) is 2.00. The summed E-state index contributed by atoms with van der Waals surface area (Å²) in [5, 5.41) is 14.5. The Hall–Kier alpha value is -0.940. The zero-order valence-corrected chi connectivity index (χ0v) is 13.4. The number of nitrogens with zero attached hydrogens (tertiary/aromatic N) is 1. The zero-order valence-electron chi connectivity index (χ0n) is 11.8. The third kappa shape index (κ3) is 3.79. The second kappa shape index (κ2) is 7.18. The van der Waals surface area contributed by atoms with E-state index in [1.807, 2.05) is 19.2 Å². The smallest absolute Gasteiger partial charge is 0.273 e. The maximum atomic E-state index is 11.1. The van der Waals surface area contributed by atoms with Crippen molar-refractivity contribution in [3.63, 3.8) is 0 Å². The molecule has 110 valence electrons. The normalized spacial score (nSPS) is 17.3. The van der Waals surface area contributed by atoms with Gasteiger partial charge >= 0.3 is 0 Å². The zero-order chi connectivity index (χ0) is 14.5. The molecule has 0 aliphatic heterocycles. The van der Waals surface area contributed by atoms with Crippen LogP contribution in [0.3, 0.4) is 0 Å². The molecule has 1 aromatic carbocycles. The Morgan fingerprint density at radius 3 is 2.75 bits per heavy atom. The molecule has 0 saturated heterocycles. The van der Waals surface area contributed by atoms with Gasteiger partial charge in [0.25, 0.3) is 5.69 Å². The fourth-order valence-corrected chi connectivity index (χ4v) is 3.55. The van der Waals surface area contributed by atoms with Crippen LogP contribution in [0.25, 0.3) is 0 Å². The Labute approximate surface area is 128 Å². The molecule has 1 saturated carbocycles. The van der Waals surface area contributed by atoms with Crippen LogP contribution in [-0.4, -0.2) is 18.0 Å². The summed E-state index contributed by atoms with van der Waals surface area (Å²) in [6, 6.07) is 5.82. The Bertz CT molecular complexity index is 473. The first-order valence-electron chi connectivity index (χ1n) is 7.22. The van der Waals surface area contributed by atoms with Crippen molar-refractivity contribution in [1.29, 1.82) is 0 Å². The minimum Gasteiger partial charge on any atom is -0.317 e. The maximum absolute atomic E-state index is 11.1. The summed E-state index contributed by atoms with van der Waals surface area (Å²) in [5.74, 6) is 0.731. The van der Waals surface area contributed by atoms with E-state index in [0.717, 1.165) is 28.8 Å². The molecule has 1 aliphatic carbocycles. The van der Waals surface area contributed by atoms with Crippen LogP contribution in [0, 0.1) is 16.0 Å². The van der Waals surface area contributed by atoms with E-state index in [-0.39, 0.29) is 10.6 Å². The highest BCUT2D eigenvalue weighted by molar-refractivity contribution is 9.10. The van der Waals surface area contributed by atoms with Crippen molar-refractivity contribution in [1.82, 2.24) is 5.32 Å². The van der Waals surface area contributed by atoms with Crippen molar-refractivity contribution >= 4 is 21.6 Å². The SMILES string of the molecule is CNC(CCc1ccc(Br)cc1[N+](=O)[O-])C1CCCC1. The van der Waals surface area contributed by atoms with Gasteiger partial charge in [-0.1, -0.05) is 34.8 Å². The van der Waals surface area contributed by atoms with E-state index < -0.39 is 0 Å². The van der Waals surface area contributed by atoms with Crippen LogP contribution in [0.4, 0.5) is 5.69 Å². The molecule has 1 N–H and O–H groups in total. The lowest BCUT2D eigenvalue weighted by atomic mass is 9.92.